The van der Waals surface area contributed by atoms with Crippen LogP contribution in [0.1, 0.15) is 5.82 Å². The summed E-state index contributed by atoms with van der Waals surface area (Å²) in [7, 11) is 0. The van der Waals surface area contributed by atoms with Crippen molar-refractivity contribution in [2.45, 2.75) is 12.7 Å². The van der Waals surface area contributed by atoms with Crippen LogP contribution >= 0.6 is 0 Å². The molecular formula is C11H11F3N4. The summed E-state index contributed by atoms with van der Waals surface area (Å²) in [5.74, 6) is 0.436. The molecule has 0 aliphatic carbocycles. The molecule has 1 aromatic carbocycles. The third-order valence-electron chi connectivity index (χ3n) is 2.26. The number of benzene rings is 1. The molecule has 7 heteroatoms. The van der Waals surface area contributed by atoms with Crippen LogP contribution in [0, 0.1) is 0 Å². The van der Waals surface area contributed by atoms with Crippen LogP contribution < -0.4 is 5.32 Å². The van der Waals surface area contributed by atoms with Gasteiger partial charge >= 0.3 is 6.18 Å². The lowest BCUT2D eigenvalue weighted by Gasteiger charge is -2.09. The molecule has 96 valence electrons. The van der Waals surface area contributed by atoms with E-state index in [1.165, 1.54) is 6.33 Å². The fraction of sp³-hybridized carbons (Fsp3) is 0.273. The maximum atomic E-state index is 12.0. The normalized spacial score (nSPS) is 11.7. The second kappa shape index (κ2) is 5.18. The van der Waals surface area contributed by atoms with Gasteiger partial charge in [0.1, 0.15) is 6.33 Å². The quantitative estimate of drug-likeness (QED) is 0.908. The molecule has 0 aliphatic heterocycles. The van der Waals surface area contributed by atoms with Gasteiger partial charge in [0.15, 0.2) is 5.82 Å². The summed E-state index contributed by atoms with van der Waals surface area (Å²) in [6.45, 7) is -1.04. The molecule has 0 spiro atoms. The van der Waals surface area contributed by atoms with Crippen LogP contribution in [-0.4, -0.2) is 27.5 Å². The van der Waals surface area contributed by atoms with E-state index in [9.17, 15) is 13.2 Å². The Morgan fingerprint density at radius 1 is 1.17 bits per heavy atom. The Morgan fingerprint density at radius 2 is 1.89 bits per heavy atom. The first kappa shape index (κ1) is 12.6. The maximum Gasteiger partial charge on any atom is 0.401 e. The predicted molar refractivity (Wildman–Crippen MR) is 59.1 cm³/mol. The van der Waals surface area contributed by atoms with E-state index in [0.717, 1.165) is 5.69 Å². The van der Waals surface area contributed by atoms with Gasteiger partial charge in [0.05, 0.1) is 13.1 Å². The molecule has 4 nitrogen and oxygen atoms in total. The highest BCUT2D eigenvalue weighted by Gasteiger charge is 2.26. The Kier molecular flexibility index (Phi) is 3.61. The van der Waals surface area contributed by atoms with Gasteiger partial charge in [-0.25, -0.2) is 0 Å². The summed E-state index contributed by atoms with van der Waals surface area (Å²) in [6, 6.07) is 9.19. The van der Waals surface area contributed by atoms with Crippen LogP contribution in [0.3, 0.4) is 0 Å². The Bertz CT molecular complexity index is 492. The lowest BCUT2D eigenvalue weighted by molar-refractivity contribution is -0.125. The topological polar surface area (TPSA) is 42.7 Å². The largest absolute Gasteiger partial charge is 0.401 e. The van der Waals surface area contributed by atoms with Gasteiger partial charge in [-0.3, -0.25) is 4.57 Å². The van der Waals surface area contributed by atoms with Crippen LogP contribution in [0.2, 0.25) is 0 Å². The van der Waals surface area contributed by atoms with Crippen molar-refractivity contribution < 1.29 is 13.2 Å². The Balaban J connectivity index is 2.05. The minimum absolute atomic E-state index is 0.00834. The van der Waals surface area contributed by atoms with Gasteiger partial charge in [-0.15, -0.1) is 10.2 Å². The predicted octanol–water partition coefficient (Wildman–Crippen LogP) is 1.92. The first-order chi connectivity index (χ1) is 8.56. The molecule has 1 aromatic heterocycles. The molecule has 1 N–H and O–H groups in total. The molecular weight excluding hydrogens is 245 g/mol. The number of nitrogens with one attached hydrogen (secondary N) is 1. The molecule has 0 amide bonds. The molecule has 0 saturated heterocycles. The second-order valence-electron chi connectivity index (χ2n) is 3.67. The lowest BCUT2D eigenvalue weighted by Crippen LogP contribution is -2.29. The van der Waals surface area contributed by atoms with E-state index in [1.807, 2.05) is 30.3 Å². The number of halogens is 3. The fourth-order valence-corrected chi connectivity index (χ4v) is 1.50. The zero-order chi connectivity index (χ0) is 13.0. The number of alkyl halides is 3. The second-order valence-corrected chi connectivity index (χ2v) is 3.67. The summed E-state index contributed by atoms with van der Waals surface area (Å²) < 4.78 is 37.6. The molecule has 0 fully saturated rings. The SMILES string of the molecule is FC(F)(F)CNCc1nncn1-c1ccccc1. The summed E-state index contributed by atoms with van der Waals surface area (Å²) in [4.78, 5) is 0. The molecule has 18 heavy (non-hydrogen) atoms. The van der Waals surface area contributed by atoms with Gasteiger partial charge in [0.25, 0.3) is 0 Å². The smallest absolute Gasteiger partial charge is 0.302 e. The highest BCUT2D eigenvalue weighted by atomic mass is 19.4. The first-order valence-electron chi connectivity index (χ1n) is 5.28. The molecule has 0 saturated carbocycles. The highest BCUT2D eigenvalue weighted by molar-refractivity contribution is 5.31. The molecule has 0 unspecified atom stereocenters. The zero-order valence-electron chi connectivity index (χ0n) is 9.35. The average Bonchev–Trinajstić information content (AvgIpc) is 2.77. The molecule has 0 aliphatic rings. The van der Waals surface area contributed by atoms with Gasteiger partial charge in [-0.1, -0.05) is 18.2 Å². The van der Waals surface area contributed by atoms with Crippen molar-refractivity contribution in [2.75, 3.05) is 6.54 Å². The highest BCUT2D eigenvalue weighted by Crippen LogP contribution is 2.13. The molecule has 1 heterocycles. The fourth-order valence-electron chi connectivity index (χ4n) is 1.50. The van der Waals surface area contributed by atoms with Gasteiger partial charge in [0, 0.05) is 5.69 Å². The molecule has 2 rings (SSSR count). The minimum atomic E-state index is -4.22. The average molecular weight is 256 g/mol. The van der Waals surface area contributed by atoms with Crippen LogP contribution in [-0.2, 0) is 6.54 Å². The van der Waals surface area contributed by atoms with E-state index in [-0.39, 0.29) is 6.54 Å². The first-order valence-corrected chi connectivity index (χ1v) is 5.28. The van der Waals surface area contributed by atoms with Crippen LogP contribution in [0.25, 0.3) is 5.69 Å². The van der Waals surface area contributed by atoms with E-state index in [1.54, 1.807) is 4.57 Å². The van der Waals surface area contributed by atoms with Gasteiger partial charge in [-0.2, -0.15) is 13.2 Å². The van der Waals surface area contributed by atoms with Crippen molar-refractivity contribution in [3.63, 3.8) is 0 Å². The van der Waals surface area contributed by atoms with Crippen LogP contribution in [0.5, 0.6) is 0 Å². The summed E-state index contributed by atoms with van der Waals surface area (Å²) >= 11 is 0. The van der Waals surface area contributed by atoms with E-state index >= 15 is 0 Å². The maximum absolute atomic E-state index is 12.0. The number of rotatable bonds is 4. The molecule has 0 bridgehead atoms. The van der Waals surface area contributed by atoms with Gasteiger partial charge < -0.3 is 5.32 Å². The van der Waals surface area contributed by atoms with Crippen molar-refractivity contribution in [2.24, 2.45) is 0 Å². The Hall–Kier alpha value is -1.89. The summed E-state index contributed by atoms with van der Waals surface area (Å²) in [5.41, 5.74) is 0.811. The Labute approximate surface area is 101 Å². The van der Waals surface area contributed by atoms with Crippen molar-refractivity contribution in [3.8, 4) is 5.69 Å². The number of hydrogen-bond donors (Lipinski definition) is 1. The van der Waals surface area contributed by atoms with Crippen LogP contribution in [0.4, 0.5) is 13.2 Å². The van der Waals surface area contributed by atoms with Crippen molar-refractivity contribution in [1.82, 2.24) is 20.1 Å². The summed E-state index contributed by atoms with van der Waals surface area (Å²) in [5, 5.41) is 9.79. The number of para-hydroxylation sites is 1. The van der Waals surface area contributed by atoms with E-state index in [4.69, 9.17) is 0 Å². The van der Waals surface area contributed by atoms with Crippen molar-refractivity contribution in [3.05, 3.63) is 42.5 Å². The standard InChI is InChI=1S/C11H11F3N4/c12-11(13,14)7-15-6-10-17-16-8-18(10)9-4-2-1-3-5-9/h1-5,8,15H,6-7H2. The minimum Gasteiger partial charge on any atom is -0.302 e. The Morgan fingerprint density at radius 3 is 2.56 bits per heavy atom. The zero-order valence-corrected chi connectivity index (χ0v) is 9.35. The molecule has 0 atom stereocenters. The monoisotopic (exact) mass is 256 g/mol. The number of nitrogens with zero attached hydrogens (tertiary/aromatic N) is 3. The summed E-state index contributed by atoms with van der Waals surface area (Å²) in [6.07, 6.45) is -2.75. The molecule has 2 aromatic rings. The van der Waals surface area contributed by atoms with Gasteiger partial charge in [-0.05, 0) is 12.1 Å². The van der Waals surface area contributed by atoms with E-state index in [2.05, 4.69) is 15.5 Å². The molecule has 0 radical (unpaired) electrons. The number of hydrogen-bond acceptors (Lipinski definition) is 3. The van der Waals surface area contributed by atoms with Gasteiger partial charge in [0.2, 0.25) is 0 Å². The van der Waals surface area contributed by atoms with E-state index in [0.29, 0.717) is 5.82 Å². The third-order valence-corrected chi connectivity index (χ3v) is 2.26. The van der Waals surface area contributed by atoms with Crippen LogP contribution in [0.15, 0.2) is 36.7 Å². The lowest BCUT2D eigenvalue weighted by atomic mass is 10.3. The van der Waals surface area contributed by atoms with E-state index < -0.39 is 12.7 Å². The third kappa shape index (κ3) is 3.30. The number of aromatic nitrogens is 3. The van der Waals surface area contributed by atoms with Crippen molar-refractivity contribution >= 4 is 0 Å². The van der Waals surface area contributed by atoms with Crippen molar-refractivity contribution in [1.29, 1.82) is 0 Å².